The Kier molecular flexibility index (Phi) is 6.38. The van der Waals surface area contributed by atoms with E-state index in [1.807, 2.05) is 35.9 Å². The van der Waals surface area contributed by atoms with Crippen molar-refractivity contribution in [3.63, 3.8) is 0 Å². The fourth-order valence-corrected chi connectivity index (χ4v) is 5.22. The van der Waals surface area contributed by atoms with Gasteiger partial charge in [-0.15, -0.1) is 0 Å². The summed E-state index contributed by atoms with van der Waals surface area (Å²) in [5.74, 6) is 0.648. The van der Waals surface area contributed by atoms with Gasteiger partial charge in [-0.05, 0) is 43.5 Å². The van der Waals surface area contributed by atoms with Crippen molar-refractivity contribution in [1.82, 2.24) is 14.5 Å². The summed E-state index contributed by atoms with van der Waals surface area (Å²) >= 11 is 6.96. The minimum absolute atomic E-state index is 0.107. The van der Waals surface area contributed by atoms with Crippen LogP contribution in [0, 0.1) is 0 Å². The van der Waals surface area contributed by atoms with Crippen LogP contribution in [0.5, 0.6) is 5.75 Å². The summed E-state index contributed by atoms with van der Waals surface area (Å²) in [4.78, 5) is 34.3. The van der Waals surface area contributed by atoms with E-state index in [4.69, 9.17) is 21.3 Å². The zero-order chi connectivity index (χ0) is 24.5. The number of likely N-dealkylation sites (N-methyl/N-ethyl adjacent to an activating group) is 1. The summed E-state index contributed by atoms with van der Waals surface area (Å²) in [6.45, 7) is 6.07. The van der Waals surface area contributed by atoms with Gasteiger partial charge in [0.15, 0.2) is 5.75 Å². The predicted molar refractivity (Wildman–Crippen MR) is 138 cm³/mol. The van der Waals surface area contributed by atoms with Crippen molar-refractivity contribution in [3.8, 4) is 5.75 Å². The summed E-state index contributed by atoms with van der Waals surface area (Å²) < 4.78 is 7.93. The van der Waals surface area contributed by atoms with Gasteiger partial charge in [-0.25, -0.2) is 4.98 Å². The molecular weight excluding hydrogens is 466 g/mol. The summed E-state index contributed by atoms with van der Waals surface area (Å²) in [7, 11) is 1.99. The van der Waals surface area contributed by atoms with Crippen molar-refractivity contribution >= 4 is 46.1 Å². The first-order valence-corrected chi connectivity index (χ1v) is 12.2. The average Bonchev–Trinajstić information content (AvgIpc) is 3.05. The molecule has 1 N–H and O–H groups in total. The van der Waals surface area contributed by atoms with Gasteiger partial charge < -0.3 is 19.1 Å². The fourth-order valence-electron chi connectivity index (χ4n) is 4.88. The highest BCUT2D eigenvalue weighted by atomic mass is 35.5. The third-order valence-electron chi connectivity index (χ3n) is 6.70. The van der Waals surface area contributed by atoms with Crippen LogP contribution in [0.25, 0.3) is 11.0 Å². The third-order valence-corrected chi connectivity index (χ3v) is 7.05. The number of ether oxygens (including phenoxy) is 1. The molecule has 3 aromatic rings. The number of carbonyl (C=O) groups excluding carboxylic acids is 2. The zero-order valence-corrected chi connectivity index (χ0v) is 20.4. The molecule has 35 heavy (non-hydrogen) atoms. The van der Waals surface area contributed by atoms with E-state index in [1.54, 1.807) is 17.0 Å². The number of anilines is 2. The van der Waals surface area contributed by atoms with Crippen molar-refractivity contribution in [1.29, 1.82) is 0 Å². The number of aromatic nitrogens is 2. The molecule has 0 radical (unpaired) electrons. The van der Waals surface area contributed by atoms with Gasteiger partial charge in [0.1, 0.15) is 11.6 Å². The molecular formula is C26H28ClN5O3. The molecule has 3 heterocycles. The van der Waals surface area contributed by atoms with Crippen molar-refractivity contribution in [2.75, 3.05) is 43.5 Å². The molecule has 9 heteroatoms. The van der Waals surface area contributed by atoms with E-state index < -0.39 is 0 Å². The van der Waals surface area contributed by atoms with Crippen LogP contribution in [0.1, 0.15) is 35.7 Å². The summed E-state index contributed by atoms with van der Waals surface area (Å²) in [6.07, 6.45) is 3.98. The number of nitrogens with one attached hydrogen (secondary N) is 1. The van der Waals surface area contributed by atoms with E-state index in [0.717, 1.165) is 31.5 Å². The molecule has 5 rings (SSSR count). The highest BCUT2D eigenvalue weighted by Crippen LogP contribution is 2.45. The lowest BCUT2D eigenvalue weighted by Gasteiger charge is -2.29. The number of hydrogen-bond donors (Lipinski definition) is 1. The minimum Gasteiger partial charge on any atom is -0.488 e. The Bertz CT molecular complexity index is 1290. The second-order valence-corrected chi connectivity index (χ2v) is 9.32. The van der Waals surface area contributed by atoms with Gasteiger partial charge in [-0.1, -0.05) is 36.4 Å². The van der Waals surface area contributed by atoms with Crippen LogP contribution in [0.15, 0.2) is 49.1 Å². The molecule has 2 amide bonds. The van der Waals surface area contributed by atoms with E-state index >= 15 is 0 Å². The summed E-state index contributed by atoms with van der Waals surface area (Å²) in [5, 5.41) is 3.46. The maximum atomic E-state index is 13.1. The monoisotopic (exact) mass is 493 g/mol. The number of halogens is 1. The Morgan fingerprint density at radius 1 is 1.23 bits per heavy atom. The lowest BCUT2D eigenvalue weighted by molar-refractivity contribution is -0.126. The van der Waals surface area contributed by atoms with Crippen molar-refractivity contribution in [3.05, 3.63) is 59.6 Å². The lowest BCUT2D eigenvalue weighted by atomic mass is 10.1. The van der Waals surface area contributed by atoms with Gasteiger partial charge in [0, 0.05) is 25.7 Å². The second kappa shape index (κ2) is 9.62. The first-order valence-electron chi connectivity index (χ1n) is 11.8. The average molecular weight is 494 g/mol. The van der Waals surface area contributed by atoms with Crippen molar-refractivity contribution in [2.24, 2.45) is 0 Å². The number of amides is 2. The Balaban J connectivity index is 1.65. The molecule has 1 atom stereocenters. The van der Waals surface area contributed by atoms with Gasteiger partial charge in [-0.2, -0.15) is 0 Å². The molecule has 182 valence electrons. The number of likely N-dealkylation sites (tertiary alicyclic amines) is 1. The van der Waals surface area contributed by atoms with Crippen LogP contribution >= 0.6 is 11.6 Å². The molecule has 8 nitrogen and oxygen atoms in total. The number of rotatable bonds is 4. The third kappa shape index (κ3) is 4.34. The van der Waals surface area contributed by atoms with Crippen molar-refractivity contribution in [2.45, 2.75) is 25.3 Å². The SMILES string of the molecule is C=CC(=O)N1CCCC[C@@H](n2c(NC(=O)c3ccccc3)nc3cc4c(c(Cl)c32)OCCN4C)C1. The molecule has 1 saturated heterocycles. The molecule has 2 aromatic carbocycles. The number of hydrogen-bond acceptors (Lipinski definition) is 5. The number of fused-ring (bicyclic) bond motifs is 2. The van der Waals surface area contributed by atoms with Gasteiger partial charge >= 0.3 is 0 Å². The topological polar surface area (TPSA) is 79.7 Å². The first kappa shape index (κ1) is 23.2. The summed E-state index contributed by atoms with van der Waals surface area (Å²) in [5.41, 5.74) is 2.76. The van der Waals surface area contributed by atoms with Gasteiger partial charge in [-0.3, -0.25) is 14.9 Å². The quantitative estimate of drug-likeness (QED) is 0.541. The molecule has 0 bridgehead atoms. The van der Waals surface area contributed by atoms with E-state index in [9.17, 15) is 9.59 Å². The lowest BCUT2D eigenvalue weighted by Crippen LogP contribution is -2.34. The van der Waals surface area contributed by atoms with Crippen LogP contribution in [-0.4, -0.2) is 59.6 Å². The van der Waals surface area contributed by atoms with E-state index in [0.29, 0.717) is 53.0 Å². The largest absolute Gasteiger partial charge is 0.488 e. The molecule has 2 aliphatic heterocycles. The zero-order valence-electron chi connectivity index (χ0n) is 19.7. The van der Waals surface area contributed by atoms with Crippen LogP contribution < -0.4 is 15.0 Å². The number of benzene rings is 2. The minimum atomic E-state index is -0.260. The first-order chi connectivity index (χ1) is 17.0. The predicted octanol–water partition coefficient (Wildman–Crippen LogP) is 4.51. The van der Waals surface area contributed by atoms with Crippen LogP contribution in [0.3, 0.4) is 0 Å². The number of nitrogens with zero attached hydrogens (tertiary/aromatic N) is 4. The number of carbonyl (C=O) groups is 2. The maximum absolute atomic E-state index is 13.1. The molecule has 0 aliphatic carbocycles. The highest BCUT2D eigenvalue weighted by molar-refractivity contribution is 6.37. The van der Waals surface area contributed by atoms with Gasteiger partial charge in [0.05, 0.1) is 29.3 Å². The molecule has 0 saturated carbocycles. The van der Waals surface area contributed by atoms with E-state index in [1.165, 1.54) is 6.08 Å². The van der Waals surface area contributed by atoms with Crippen molar-refractivity contribution < 1.29 is 14.3 Å². The van der Waals surface area contributed by atoms with Gasteiger partial charge in [0.25, 0.3) is 5.91 Å². The van der Waals surface area contributed by atoms with E-state index in [2.05, 4.69) is 16.8 Å². The molecule has 1 aromatic heterocycles. The standard InChI is InChI=1S/C26H28ClN5O3/c1-3-21(33)31-12-8-7-11-18(16-31)32-23-19(15-20-24(22(23)27)35-14-13-30(20)2)28-26(32)29-25(34)17-9-5-4-6-10-17/h3-6,9-10,15,18H,1,7-8,11-14,16H2,2H3,(H,28,29,34)/t18-/m1/s1. The fraction of sp³-hybridized carbons (Fsp3) is 0.346. The molecule has 0 spiro atoms. The number of imidazole rings is 1. The normalized spacial score (nSPS) is 17.9. The Labute approximate surface area is 209 Å². The van der Waals surface area contributed by atoms with Crippen LogP contribution in [0.2, 0.25) is 5.02 Å². The molecule has 0 unspecified atom stereocenters. The Morgan fingerprint density at radius 3 is 2.80 bits per heavy atom. The molecule has 1 fully saturated rings. The Morgan fingerprint density at radius 2 is 2.03 bits per heavy atom. The van der Waals surface area contributed by atoms with E-state index in [-0.39, 0.29) is 17.9 Å². The maximum Gasteiger partial charge on any atom is 0.257 e. The summed E-state index contributed by atoms with van der Waals surface area (Å²) in [6, 6.07) is 10.8. The molecule has 2 aliphatic rings. The smallest absolute Gasteiger partial charge is 0.257 e. The highest BCUT2D eigenvalue weighted by Gasteiger charge is 2.30. The van der Waals surface area contributed by atoms with Crippen LogP contribution in [-0.2, 0) is 4.79 Å². The second-order valence-electron chi connectivity index (χ2n) is 8.94. The Hall–Kier alpha value is -3.52. The van der Waals surface area contributed by atoms with Crippen LogP contribution in [0.4, 0.5) is 11.6 Å². The van der Waals surface area contributed by atoms with Gasteiger partial charge in [0.2, 0.25) is 11.9 Å².